The summed E-state index contributed by atoms with van der Waals surface area (Å²) in [5.41, 5.74) is 1.79. The van der Waals surface area contributed by atoms with Crippen molar-refractivity contribution >= 4 is 29.9 Å². The maximum atomic E-state index is 10.4. The minimum atomic E-state index is -0.666. The number of aliphatic hydroxyl groups is 1. The first kappa shape index (κ1) is 23.0. The van der Waals surface area contributed by atoms with E-state index in [1.807, 2.05) is 55.5 Å². The summed E-state index contributed by atoms with van der Waals surface area (Å²) in [4.78, 5) is 4.57. The van der Waals surface area contributed by atoms with Crippen molar-refractivity contribution in [1.82, 2.24) is 10.6 Å². The van der Waals surface area contributed by atoms with Gasteiger partial charge in [-0.3, -0.25) is 0 Å². The van der Waals surface area contributed by atoms with Crippen LogP contribution in [0.25, 0.3) is 0 Å². The summed E-state index contributed by atoms with van der Waals surface area (Å²) < 4.78 is 10.6. The van der Waals surface area contributed by atoms with E-state index in [4.69, 9.17) is 9.47 Å². The second-order valence-corrected chi connectivity index (χ2v) is 5.68. The Balaban J connectivity index is 0.00000364. The number of para-hydroxylation sites is 1. The van der Waals surface area contributed by atoms with Crippen LogP contribution >= 0.6 is 24.0 Å². The molecule has 0 amide bonds. The van der Waals surface area contributed by atoms with Gasteiger partial charge < -0.3 is 25.2 Å². The number of benzene rings is 2. The van der Waals surface area contributed by atoms with E-state index in [1.54, 1.807) is 14.2 Å². The summed E-state index contributed by atoms with van der Waals surface area (Å²) in [7, 11) is 3.26. The van der Waals surface area contributed by atoms with Gasteiger partial charge in [0.15, 0.2) is 5.96 Å². The van der Waals surface area contributed by atoms with Crippen molar-refractivity contribution < 1.29 is 14.6 Å². The van der Waals surface area contributed by atoms with Crippen molar-refractivity contribution in [2.45, 2.75) is 19.6 Å². The number of aliphatic hydroxyl groups excluding tert-OH is 1. The van der Waals surface area contributed by atoms with Gasteiger partial charge in [-0.15, -0.1) is 24.0 Å². The summed E-state index contributed by atoms with van der Waals surface area (Å²) >= 11 is 0. The van der Waals surface area contributed by atoms with Crippen LogP contribution in [0, 0.1) is 0 Å². The van der Waals surface area contributed by atoms with E-state index in [-0.39, 0.29) is 24.0 Å². The Bertz CT molecular complexity index is 725. The molecule has 0 bridgehead atoms. The second kappa shape index (κ2) is 12.4. The Morgan fingerprint density at radius 3 is 2.56 bits per heavy atom. The fourth-order valence-corrected chi connectivity index (χ4v) is 2.50. The third kappa shape index (κ3) is 7.26. The molecular weight excluding hydrogens is 457 g/mol. The average Bonchev–Trinajstić information content (AvgIpc) is 2.70. The van der Waals surface area contributed by atoms with Crippen LogP contribution in [0.4, 0.5) is 0 Å². The Morgan fingerprint density at radius 1 is 1.07 bits per heavy atom. The number of guanidine groups is 1. The zero-order chi connectivity index (χ0) is 18.8. The molecule has 6 nitrogen and oxygen atoms in total. The van der Waals surface area contributed by atoms with Crippen LogP contribution in [0.15, 0.2) is 53.5 Å². The SMILES string of the molecule is CCNC(=NCc1ccccc1OC)NCC(O)c1cccc(OC)c1.I. The number of nitrogens with zero attached hydrogens (tertiary/aromatic N) is 1. The average molecular weight is 485 g/mol. The number of rotatable bonds is 8. The summed E-state index contributed by atoms with van der Waals surface area (Å²) in [6.07, 6.45) is -0.666. The highest BCUT2D eigenvalue weighted by molar-refractivity contribution is 14.0. The van der Waals surface area contributed by atoms with Crippen molar-refractivity contribution in [3.05, 3.63) is 59.7 Å². The molecule has 0 spiro atoms. The maximum Gasteiger partial charge on any atom is 0.191 e. The standard InChI is InChI=1S/C20H27N3O3.HI/c1-4-21-20(22-13-16-8-5-6-11-19(16)26-3)23-14-18(24)15-9-7-10-17(12-15)25-2;/h5-12,18,24H,4,13-14H2,1-3H3,(H2,21,22,23);1H. The van der Waals surface area contributed by atoms with Crippen LogP contribution < -0.4 is 20.1 Å². The molecule has 2 aromatic carbocycles. The molecule has 2 aromatic rings. The van der Waals surface area contributed by atoms with Crippen LogP contribution in [-0.2, 0) is 6.54 Å². The van der Waals surface area contributed by atoms with Crippen molar-refractivity contribution in [2.24, 2.45) is 4.99 Å². The van der Waals surface area contributed by atoms with Gasteiger partial charge >= 0.3 is 0 Å². The number of nitrogens with one attached hydrogen (secondary N) is 2. The Kier molecular flexibility index (Phi) is 10.6. The molecule has 0 saturated carbocycles. The van der Waals surface area contributed by atoms with Gasteiger partial charge in [0.2, 0.25) is 0 Å². The van der Waals surface area contributed by atoms with Gasteiger partial charge in [-0.2, -0.15) is 0 Å². The van der Waals surface area contributed by atoms with E-state index in [9.17, 15) is 5.11 Å². The number of methoxy groups -OCH3 is 2. The highest BCUT2D eigenvalue weighted by Crippen LogP contribution is 2.19. The lowest BCUT2D eigenvalue weighted by atomic mass is 10.1. The topological polar surface area (TPSA) is 75.1 Å². The number of ether oxygens (including phenoxy) is 2. The van der Waals surface area contributed by atoms with Crippen molar-refractivity contribution in [2.75, 3.05) is 27.3 Å². The van der Waals surface area contributed by atoms with Gasteiger partial charge in [-0.1, -0.05) is 30.3 Å². The van der Waals surface area contributed by atoms with E-state index in [2.05, 4.69) is 15.6 Å². The molecule has 27 heavy (non-hydrogen) atoms. The first-order valence-corrected chi connectivity index (χ1v) is 8.64. The summed E-state index contributed by atoms with van der Waals surface area (Å²) in [5, 5.41) is 16.8. The van der Waals surface area contributed by atoms with E-state index >= 15 is 0 Å². The molecule has 1 atom stereocenters. The van der Waals surface area contributed by atoms with Crippen LogP contribution in [0.3, 0.4) is 0 Å². The lowest BCUT2D eigenvalue weighted by Crippen LogP contribution is -2.39. The number of hydrogen-bond acceptors (Lipinski definition) is 4. The Morgan fingerprint density at radius 2 is 1.85 bits per heavy atom. The highest BCUT2D eigenvalue weighted by Gasteiger charge is 2.10. The Labute approximate surface area is 178 Å². The molecule has 0 heterocycles. The molecule has 0 aliphatic heterocycles. The fourth-order valence-electron chi connectivity index (χ4n) is 2.50. The van der Waals surface area contributed by atoms with Crippen LogP contribution in [0.1, 0.15) is 24.2 Å². The molecule has 148 valence electrons. The predicted molar refractivity (Wildman–Crippen MR) is 119 cm³/mol. The third-order valence-electron chi connectivity index (χ3n) is 3.89. The van der Waals surface area contributed by atoms with Crippen molar-refractivity contribution in [3.63, 3.8) is 0 Å². The largest absolute Gasteiger partial charge is 0.497 e. The molecular formula is C20H28IN3O3. The summed E-state index contributed by atoms with van der Waals surface area (Å²) in [6.45, 7) is 3.55. The van der Waals surface area contributed by atoms with Crippen LogP contribution in [0.5, 0.6) is 11.5 Å². The van der Waals surface area contributed by atoms with Gasteiger partial charge in [0.25, 0.3) is 0 Å². The minimum absolute atomic E-state index is 0. The Hall–Kier alpha value is -2.00. The second-order valence-electron chi connectivity index (χ2n) is 5.68. The lowest BCUT2D eigenvalue weighted by Gasteiger charge is -2.16. The number of aliphatic imine (C=N–C) groups is 1. The molecule has 1 unspecified atom stereocenters. The zero-order valence-electron chi connectivity index (χ0n) is 15.9. The van der Waals surface area contributed by atoms with Gasteiger partial charge in [0.1, 0.15) is 11.5 Å². The van der Waals surface area contributed by atoms with E-state index < -0.39 is 6.10 Å². The predicted octanol–water partition coefficient (Wildman–Crippen LogP) is 3.11. The van der Waals surface area contributed by atoms with E-state index in [0.29, 0.717) is 19.0 Å². The summed E-state index contributed by atoms with van der Waals surface area (Å²) in [5.74, 6) is 2.17. The summed E-state index contributed by atoms with van der Waals surface area (Å²) in [6, 6.07) is 15.2. The third-order valence-corrected chi connectivity index (χ3v) is 3.89. The highest BCUT2D eigenvalue weighted by atomic mass is 127. The van der Waals surface area contributed by atoms with Gasteiger partial charge in [0.05, 0.1) is 26.9 Å². The van der Waals surface area contributed by atoms with E-state index in [1.165, 1.54) is 0 Å². The molecule has 0 fully saturated rings. The van der Waals surface area contributed by atoms with Crippen molar-refractivity contribution in [3.8, 4) is 11.5 Å². The molecule has 7 heteroatoms. The fraction of sp³-hybridized carbons (Fsp3) is 0.350. The first-order chi connectivity index (χ1) is 12.7. The van der Waals surface area contributed by atoms with Crippen molar-refractivity contribution in [1.29, 1.82) is 0 Å². The monoisotopic (exact) mass is 485 g/mol. The molecule has 2 rings (SSSR count). The van der Waals surface area contributed by atoms with E-state index in [0.717, 1.165) is 29.2 Å². The molecule has 3 N–H and O–H groups in total. The van der Waals surface area contributed by atoms with Gasteiger partial charge in [-0.05, 0) is 30.7 Å². The first-order valence-electron chi connectivity index (χ1n) is 8.64. The number of halogens is 1. The zero-order valence-corrected chi connectivity index (χ0v) is 18.3. The quantitative estimate of drug-likeness (QED) is 0.305. The molecule has 0 saturated heterocycles. The molecule has 0 aliphatic rings. The minimum Gasteiger partial charge on any atom is -0.497 e. The smallest absolute Gasteiger partial charge is 0.191 e. The molecule has 0 aromatic heterocycles. The van der Waals surface area contributed by atoms with Crippen LogP contribution in [0.2, 0.25) is 0 Å². The maximum absolute atomic E-state index is 10.4. The van der Waals surface area contributed by atoms with Gasteiger partial charge in [0, 0.05) is 18.7 Å². The normalized spacial score (nSPS) is 11.9. The number of hydrogen-bond donors (Lipinski definition) is 3. The lowest BCUT2D eigenvalue weighted by molar-refractivity contribution is 0.180. The van der Waals surface area contributed by atoms with Gasteiger partial charge in [-0.25, -0.2) is 4.99 Å². The van der Waals surface area contributed by atoms with Crippen LogP contribution in [-0.4, -0.2) is 38.4 Å². The molecule has 0 aliphatic carbocycles. The molecule has 0 radical (unpaired) electrons.